The monoisotopic (exact) mass is 395 g/mol. The Morgan fingerprint density at radius 2 is 1.86 bits per heavy atom. The van der Waals surface area contributed by atoms with Gasteiger partial charge >= 0.3 is 0 Å². The highest BCUT2D eigenvalue weighted by atomic mass is 32.1. The van der Waals surface area contributed by atoms with Gasteiger partial charge in [0.1, 0.15) is 0 Å². The Kier molecular flexibility index (Phi) is 5.21. The molecule has 0 bridgehead atoms. The molecule has 0 aliphatic carbocycles. The molecule has 0 radical (unpaired) electrons. The van der Waals surface area contributed by atoms with Gasteiger partial charge in [0.05, 0.1) is 11.0 Å². The van der Waals surface area contributed by atoms with Crippen molar-refractivity contribution < 1.29 is 9.59 Å². The van der Waals surface area contributed by atoms with Gasteiger partial charge in [0.25, 0.3) is 5.91 Å². The van der Waals surface area contributed by atoms with E-state index in [-0.39, 0.29) is 24.8 Å². The number of thiophene rings is 1. The number of rotatable bonds is 4. The van der Waals surface area contributed by atoms with E-state index in [1.54, 1.807) is 16.3 Å². The van der Waals surface area contributed by atoms with E-state index in [4.69, 9.17) is 9.97 Å². The van der Waals surface area contributed by atoms with Crippen molar-refractivity contribution in [3.63, 3.8) is 0 Å². The quantitative estimate of drug-likeness (QED) is 0.735. The number of hydrogen-bond acceptors (Lipinski definition) is 6. The van der Waals surface area contributed by atoms with Gasteiger partial charge in [-0.1, -0.05) is 12.1 Å². The molecule has 0 saturated carbocycles. The van der Waals surface area contributed by atoms with E-state index >= 15 is 0 Å². The topological polar surface area (TPSA) is 78.4 Å². The molecule has 1 aromatic carbocycles. The van der Waals surface area contributed by atoms with Gasteiger partial charge in [0.2, 0.25) is 5.91 Å². The molecule has 0 saturated heterocycles. The molecular formula is C20H21N5O2S. The van der Waals surface area contributed by atoms with E-state index in [0.717, 1.165) is 24.0 Å². The van der Waals surface area contributed by atoms with E-state index in [0.29, 0.717) is 23.7 Å². The van der Waals surface area contributed by atoms with Crippen LogP contribution < -0.4 is 15.1 Å². The summed E-state index contributed by atoms with van der Waals surface area (Å²) in [6.07, 6.45) is 1.05. The fourth-order valence-electron chi connectivity index (χ4n) is 3.25. The van der Waals surface area contributed by atoms with Crippen LogP contribution in [0.2, 0.25) is 0 Å². The molecule has 0 unspecified atom stereocenters. The minimum atomic E-state index is -0.157. The molecule has 3 heterocycles. The minimum Gasteiger partial charge on any atom is -0.357 e. The maximum absolute atomic E-state index is 12.9. The molecule has 7 nitrogen and oxygen atoms in total. The first-order chi connectivity index (χ1) is 13.6. The van der Waals surface area contributed by atoms with Gasteiger partial charge in [-0.2, -0.15) is 11.3 Å². The zero-order valence-electron chi connectivity index (χ0n) is 15.6. The Labute approximate surface area is 167 Å². The van der Waals surface area contributed by atoms with Gasteiger partial charge in [-0.3, -0.25) is 14.5 Å². The molecule has 2 aromatic heterocycles. The Morgan fingerprint density at radius 3 is 2.57 bits per heavy atom. The summed E-state index contributed by atoms with van der Waals surface area (Å²) in [5.41, 5.74) is 2.20. The second-order valence-corrected chi connectivity index (χ2v) is 7.48. The molecule has 8 heteroatoms. The summed E-state index contributed by atoms with van der Waals surface area (Å²) in [5.74, 6) is 1.09. The maximum Gasteiger partial charge on any atom is 0.252 e. The van der Waals surface area contributed by atoms with Gasteiger partial charge in [0.15, 0.2) is 11.6 Å². The van der Waals surface area contributed by atoms with Crippen LogP contribution in [0.3, 0.4) is 0 Å². The summed E-state index contributed by atoms with van der Waals surface area (Å²) in [6.45, 7) is 1.68. The standard InChI is InChI=1S/C20H21N5O2S/c1-24-10-4-11-25(17(26)7-9-21-20(27)14-8-12-28-13-14)19-18(24)22-15-5-2-3-6-16(15)23-19/h2-3,5-6,8,12-13H,4,7,9-11H2,1H3,(H,21,27). The molecule has 1 aliphatic heterocycles. The van der Waals surface area contributed by atoms with Crippen LogP contribution in [0, 0.1) is 0 Å². The Hall–Kier alpha value is -3.00. The second kappa shape index (κ2) is 7.93. The van der Waals surface area contributed by atoms with E-state index in [9.17, 15) is 9.59 Å². The van der Waals surface area contributed by atoms with Gasteiger partial charge in [0, 0.05) is 44.0 Å². The summed E-state index contributed by atoms with van der Waals surface area (Å²) in [4.78, 5) is 38.2. The highest BCUT2D eigenvalue weighted by Gasteiger charge is 2.26. The lowest BCUT2D eigenvalue weighted by atomic mass is 10.2. The molecule has 0 atom stereocenters. The Balaban J connectivity index is 1.52. The van der Waals surface area contributed by atoms with Crippen LogP contribution in [-0.2, 0) is 4.79 Å². The maximum atomic E-state index is 12.9. The van der Waals surface area contributed by atoms with Crippen molar-refractivity contribution >= 4 is 45.8 Å². The molecule has 3 aromatic rings. The predicted octanol–water partition coefficient (Wildman–Crippen LogP) is 2.68. The average molecular weight is 395 g/mol. The first-order valence-corrected chi connectivity index (χ1v) is 10.2. The zero-order valence-corrected chi connectivity index (χ0v) is 16.4. The number of benzene rings is 1. The number of aromatic nitrogens is 2. The highest BCUT2D eigenvalue weighted by molar-refractivity contribution is 7.08. The third kappa shape index (κ3) is 3.68. The van der Waals surface area contributed by atoms with Crippen molar-refractivity contribution in [2.45, 2.75) is 12.8 Å². The van der Waals surface area contributed by atoms with E-state index < -0.39 is 0 Å². The van der Waals surface area contributed by atoms with Crippen LogP contribution in [0.5, 0.6) is 0 Å². The third-order valence-electron chi connectivity index (χ3n) is 4.74. The molecule has 144 valence electrons. The average Bonchev–Trinajstić information content (AvgIpc) is 3.20. The molecular weight excluding hydrogens is 374 g/mol. The summed E-state index contributed by atoms with van der Waals surface area (Å²) in [6, 6.07) is 9.43. The lowest BCUT2D eigenvalue weighted by Crippen LogP contribution is -2.35. The molecule has 2 amide bonds. The van der Waals surface area contributed by atoms with Crippen molar-refractivity contribution in [3.8, 4) is 0 Å². The number of nitrogens with one attached hydrogen (secondary N) is 1. The number of anilines is 2. The van der Waals surface area contributed by atoms with Crippen molar-refractivity contribution in [2.24, 2.45) is 0 Å². The molecule has 0 spiro atoms. The first kappa shape index (κ1) is 18.4. The molecule has 4 rings (SSSR count). The summed E-state index contributed by atoms with van der Waals surface area (Å²) in [7, 11) is 1.97. The summed E-state index contributed by atoms with van der Waals surface area (Å²) in [5, 5.41) is 6.45. The number of para-hydroxylation sites is 2. The van der Waals surface area contributed by atoms with Crippen LogP contribution in [0.1, 0.15) is 23.2 Å². The fourth-order valence-corrected chi connectivity index (χ4v) is 3.89. The smallest absolute Gasteiger partial charge is 0.252 e. The third-order valence-corrected chi connectivity index (χ3v) is 5.42. The van der Waals surface area contributed by atoms with Crippen LogP contribution >= 0.6 is 11.3 Å². The number of nitrogens with zero attached hydrogens (tertiary/aromatic N) is 4. The van der Waals surface area contributed by atoms with E-state index in [1.807, 2.05) is 41.6 Å². The highest BCUT2D eigenvalue weighted by Crippen LogP contribution is 2.30. The minimum absolute atomic E-state index is 0.0632. The molecule has 1 aliphatic rings. The fraction of sp³-hybridized carbons (Fsp3) is 0.300. The number of fused-ring (bicyclic) bond motifs is 2. The number of carbonyl (C=O) groups is 2. The molecule has 1 N–H and O–H groups in total. The van der Waals surface area contributed by atoms with Crippen molar-refractivity contribution in [3.05, 3.63) is 46.7 Å². The largest absolute Gasteiger partial charge is 0.357 e. The SMILES string of the molecule is CN1CCCN(C(=O)CCNC(=O)c2ccsc2)c2nc3ccccc3nc21. The van der Waals surface area contributed by atoms with E-state index in [2.05, 4.69) is 5.32 Å². The van der Waals surface area contributed by atoms with Crippen molar-refractivity contribution in [1.29, 1.82) is 0 Å². The van der Waals surface area contributed by atoms with Gasteiger partial charge in [-0.15, -0.1) is 0 Å². The number of hydrogen-bond donors (Lipinski definition) is 1. The van der Waals surface area contributed by atoms with Gasteiger partial charge in [-0.25, -0.2) is 9.97 Å². The molecule has 28 heavy (non-hydrogen) atoms. The summed E-state index contributed by atoms with van der Waals surface area (Å²) < 4.78 is 0. The molecule has 0 fully saturated rings. The van der Waals surface area contributed by atoms with Crippen LogP contribution in [-0.4, -0.2) is 48.5 Å². The van der Waals surface area contributed by atoms with Gasteiger partial charge in [-0.05, 0) is 30.0 Å². The van der Waals surface area contributed by atoms with Gasteiger partial charge < -0.3 is 10.2 Å². The first-order valence-electron chi connectivity index (χ1n) is 9.22. The Morgan fingerprint density at radius 1 is 1.11 bits per heavy atom. The lowest BCUT2D eigenvalue weighted by Gasteiger charge is -2.23. The van der Waals surface area contributed by atoms with E-state index in [1.165, 1.54) is 11.3 Å². The summed E-state index contributed by atoms with van der Waals surface area (Å²) >= 11 is 1.47. The number of carbonyl (C=O) groups excluding carboxylic acids is 2. The van der Waals surface area contributed by atoms with Crippen LogP contribution in [0.15, 0.2) is 41.1 Å². The van der Waals surface area contributed by atoms with Crippen molar-refractivity contribution in [2.75, 3.05) is 36.5 Å². The number of amides is 2. The normalized spacial score (nSPS) is 13.9. The second-order valence-electron chi connectivity index (χ2n) is 6.70. The predicted molar refractivity (Wildman–Crippen MR) is 111 cm³/mol. The van der Waals surface area contributed by atoms with Crippen LogP contribution in [0.25, 0.3) is 11.0 Å². The lowest BCUT2D eigenvalue weighted by molar-refractivity contribution is -0.118. The Bertz CT molecular complexity index is 1010. The van der Waals surface area contributed by atoms with Crippen molar-refractivity contribution in [1.82, 2.24) is 15.3 Å². The zero-order chi connectivity index (χ0) is 19.5. The van der Waals surface area contributed by atoms with Crippen LogP contribution in [0.4, 0.5) is 11.6 Å².